The number of fused-ring (bicyclic) bond motifs is 1. The highest BCUT2D eigenvalue weighted by Crippen LogP contribution is 2.27. The van der Waals surface area contributed by atoms with Gasteiger partial charge in [-0.25, -0.2) is 9.97 Å². The molecule has 1 aromatic heterocycles. The van der Waals surface area contributed by atoms with Gasteiger partial charge in [0.25, 0.3) is 0 Å². The highest BCUT2D eigenvalue weighted by atomic mass is 15.1. The molecule has 1 aliphatic heterocycles. The van der Waals surface area contributed by atoms with E-state index in [9.17, 15) is 0 Å². The molecule has 19 heavy (non-hydrogen) atoms. The van der Waals surface area contributed by atoms with E-state index in [0.717, 1.165) is 31.8 Å². The molecule has 1 aromatic rings. The van der Waals surface area contributed by atoms with E-state index < -0.39 is 0 Å². The van der Waals surface area contributed by atoms with Gasteiger partial charge >= 0.3 is 0 Å². The molecule has 0 aliphatic carbocycles. The van der Waals surface area contributed by atoms with Crippen molar-refractivity contribution in [1.29, 1.82) is 0 Å². The highest BCUT2D eigenvalue weighted by molar-refractivity contribution is 5.32. The standard InChI is InChI=1S/C14H23N3.C2H6/c1-10-15-12-7-9-17(5)8-6-11(12)13(16-10)14(2,3)4;1-2/h6-9H2,1-5H3;1-2H3. The van der Waals surface area contributed by atoms with Crippen LogP contribution >= 0.6 is 0 Å². The summed E-state index contributed by atoms with van der Waals surface area (Å²) in [6.45, 7) is 14.9. The largest absolute Gasteiger partial charge is 0.306 e. The van der Waals surface area contributed by atoms with E-state index in [0.29, 0.717) is 0 Å². The zero-order valence-corrected chi connectivity index (χ0v) is 13.7. The van der Waals surface area contributed by atoms with Crippen molar-refractivity contribution in [1.82, 2.24) is 14.9 Å². The Labute approximate surface area is 118 Å². The minimum atomic E-state index is 0.112. The van der Waals surface area contributed by atoms with Crippen LogP contribution in [0.4, 0.5) is 0 Å². The highest BCUT2D eigenvalue weighted by Gasteiger charge is 2.25. The van der Waals surface area contributed by atoms with Crippen molar-refractivity contribution in [2.24, 2.45) is 0 Å². The predicted octanol–water partition coefficient (Wildman–Crippen LogP) is 3.14. The van der Waals surface area contributed by atoms with Gasteiger partial charge in [0.2, 0.25) is 0 Å². The summed E-state index contributed by atoms with van der Waals surface area (Å²) in [5.41, 5.74) is 4.02. The van der Waals surface area contributed by atoms with Gasteiger partial charge in [0.05, 0.1) is 5.69 Å². The van der Waals surface area contributed by atoms with Crippen LogP contribution in [0.3, 0.4) is 0 Å². The number of hydrogen-bond donors (Lipinski definition) is 0. The Hall–Kier alpha value is -0.960. The molecule has 0 unspecified atom stereocenters. The molecule has 0 saturated heterocycles. The Morgan fingerprint density at radius 1 is 1.00 bits per heavy atom. The Balaban J connectivity index is 0.000000861. The molecular weight excluding hydrogens is 234 g/mol. The molecule has 3 heteroatoms. The number of aromatic nitrogens is 2. The maximum absolute atomic E-state index is 4.69. The Morgan fingerprint density at radius 3 is 2.16 bits per heavy atom. The van der Waals surface area contributed by atoms with Crippen molar-refractivity contribution < 1.29 is 0 Å². The minimum absolute atomic E-state index is 0.112. The van der Waals surface area contributed by atoms with Crippen molar-refractivity contribution in [2.45, 2.75) is 59.8 Å². The maximum atomic E-state index is 4.69. The fraction of sp³-hybridized carbons (Fsp3) is 0.750. The fourth-order valence-corrected chi connectivity index (χ4v) is 2.45. The lowest BCUT2D eigenvalue weighted by molar-refractivity contribution is 0.351. The SMILES string of the molecule is CC.Cc1nc2c(c(C(C)(C)C)n1)CCN(C)CC2. The molecular formula is C16H29N3. The van der Waals surface area contributed by atoms with E-state index in [4.69, 9.17) is 4.98 Å². The minimum Gasteiger partial charge on any atom is -0.306 e. The summed E-state index contributed by atoms with van der Waals surface area (Å²) < 4.78 is 0. The van der Waals surface area contributed by atoms with Gasteiger partial charge in [-0.2, -0.15) is 0 Å². The van der Waals surface area contributed by atoms with Gasteiger partial charge in [-0.15, -0.1) is 0 Å². The predicted molar refractivity (Wildman–Crippen MR) is 81.7 cm³/mol. The lowest BCUT2D eigenvalue weighted by atomic mass is 9.86. The van der Waals surface area contributed by atoms with Crippen LogP contribution in [0, 0.1) is 6.92 Å². The quantitative estimate of drug-likeness (QED) is 0.720. The van der Waals surface area contributed by atoms with Crippen LogP contribution in [0.1, 0.15) is 57.4 Å². The summed E-state index contributed by atoms with van der Waals surface area (Å²) in [5.74, 6) is 0.915. The van der Waals surface area contributed by atoms with Crippen LogP contribution in [-0.4, -0.2) is 35.0 Å². The van der Waals surface area contributed by atoms with Gasteiger partial charge in [-0.05, 0) is 26.0 Å². The van der Waals surface area contributed by atoms with Gasteiger partial charge in [0, 0.05) is 30.6 Å². The molecule has 3 nitrogen and oxygen atoms in total. The first-order chi connectivity index (χ1) is 8.88. The number of hydrogen-bond acceptors (Lipinski definition) is 3. The van der Waals surface area contributed by atoms with Crippen LogP contribution in [0.25, 0.3) is 0 Å². The van der Waals surface area contributed by atoms with E-state index in [1.807, 2.05) is 20.8 Å². The smallest absolute Gasteiger partial charge is 0.125 e. The third-order valence-corrected chi connectivity index (χ3v) is 3.39. The third-order valence-electron chi connectivity index (χ3n) is 3.39. The van der Waals surface area contributed by atoms with Crippen molar-refractivity contribution in [3.05, 3.63) is 22.8 Å². The first-order valence-electron chi connectivity index (χ1n) is 7.43. The topological polar surface area (TPSA) is 29.0 Å². The molecule has 1 aliphatic rings. The average Bonchev–Trinajstić information content (AvgIpc) is 2.52. The first-order valence-corrected chi connectivity index (χ1v) is 7.43. The normalized spacial score (nSPS) is 16.2. The van der Waals surface area contributed by atoms with Crippen LogP contribution in [0.5, 0.6) is 0 Å². The van der Waals surface area contributed by atoms with Gasteiger partial charge < -0.3 is 4.90 Å². The molecule has 0 N–H and O–H groups in total. The summed E-state index contributed by atoms with van der Waals surface area (Å²) >= 11 is 0. The zero-order valence-electron chi connectivity index (χ0n) is 13.7. The lowest BCUT2D eigenvalue weighted by Crippen LogP contribution is -2.22. The third kappa shape index (κ3) is 4.00. The molecule has 0 radical (unpaired) electrons. The fourth-order valence-electron chi connectivity index (χ4n) is 2.45. The van der Waals surface area contributed by atoms with Gasteiger partial charge in [0.1, 0.15) is 5.82 Å². The first kappa shape index (κ1) is 16.1. The second kappa shape index (κ2) is 6.47. The van der Waals surface area contributed by atoms with Gasteiger partial charge in [-0.1, -0.05) is 34.6 Å². The molecule has 2 rings (SSSR count). The van der Waals surface area contributed by atoms with Crippen LogP contribution in [-0.2, 0) is 18.3 Å². The Morgan fingerprint density at radius 2 is 1.58 bits per heavy atom. The van der Waals surface area contributed by atoms with E-state index in [1.165, 1.54) is 17.0 Å². The van der Waals surface area contributed by atoms with Crippen LogP contribution in [0.2, 0.25) is 0 Å². The molecule has 108 valence electrons. The molecule has 0 atom stereocenters. The second-order valence-electron chi connectivity index (χ2n) is 6.10. The summed E-state index contributed by atoms with van der Waals surface area (Å²) in [5, 5.41) is 0. The zero-order chi connectivity index (χ0) is 14.6. The number of aryl methyl sites for hydroxylation is 1. The molecule has 0 amide bonds. The molecule has 0 spiro atoms. The monoisotopic (exact) mass is 263 g/mol. The van der Waals surface area contributed by atoms with Crippen molar-refractivity contribution in [3.63, 3.8) is 0 Å². The van der Waals surface area contributed by atoms with E-state index in [-0.39, 0.29) is 5.41 Å². The molecule has 0 saturated carbocycles. The Kier molecular flexibility index (Phi) is 5.48. The molecule has 0 aromatic carbocycles. The lowest BCUT2D eigenvalue weighted by Gasteiger charge is -2.23. The van der Waals surface area contributed by atoms with Crippen molar-refractivity contribution >= 4 is 0 Å². The summed E-state index contributed by atoms with van der Waals surface area (Å²) in [6.07, 6.45) is 2.14. The number of likely N-dealkylation sites (N-methyl/N-ethyl adjacent to an activating group) is 1. The summed E-state index contributed by atoms with van der Waals surface area (Å²) in [6, 6.07) is 0. The van der Waals surface area contributed by atoms with Crippen LogP contribution < -0.4 is 0 Å². The maximum Gasteiger partial charge on any atom is 0.125 e. The second-order valence-corrected chi connectivity index (χ2v) is 6.10. The summed E-state index contributed by atoms with van der Waals surface area (Å²) in [4.78, 5) is 11.7. The number of nitrogens with zero attached hydrogens (tertiary/aromatic N) is 3. The number of rotatable bonds is 0. The van der Waals surface area contributed by atoms with Gasteiger partial charge in [-0.3, -0.25) is 0 Å². The Bertz CT molecular complexity index is 419. The van der Waals surface area contributed by atoms with E-state index >= 15 is 0 Å². The van der Waals surface area contributed by atoms with Gasteiger partial charge in [0.15, 0.2) is 0 Å². The molecule has 0 fully saturated rings. The summed E-state index contributed by atoms with van der Waals surface area (Å²) in [7, 11) is 2.18. The molecule has 0 bridgehead atoms. The molecule has 2 heterocycles. The van der Waals surface area contributed by atoms with E-state index in [1.54, 1.807) is 0 Å². The average molecular weight is 263 g/mol. The van der Waals surface area contributed by atoms with Crippen molar-refractivity contribution in [3.8, 4) is 0 Å². The van der Waals surface area contributed by atoms with E-state index in [2.05, 4.69) is 37.7 Å². The van der Waals surface area contributed by atoms with Crippen molar-refractivity contribution in [2.75, 3.05) is 20.1 Å². The van der Waals surface area contributed by atoms with Crippen LogP contribution in [0.15, 0.2) is 0 Å².